The van der Waals surface area contributed by atoms with Gasteiger partial charge in [0.15, 0.2) is 0 Å². The monoisotopic (exact) mass is 219 g/mol. The van der Waals surface area contributed by atoms with E-state index in [0.29, 0.717) is 0 Å². The van der Waals surface area contributed by atoms with E-state index in [4.69, 9.17) is 5.73 Å². The van der Waals surface area contributed by atoms with E-state index in [0.717, 1.165) is 23.8 Å². The number of likely N-dealkylation sites (tertiary alicyclic amines) is 1. The van der Waals surface area contributed by atoms with Gasteiger partial charge in [-0.15, -0.1) is 0 Å². The molecular formula is C13H21N3. The number of benzene rings is 1. The van der Waals surface area contributed by atoms with Crippen LogP contribution in [0.2, 0.25) is 0 Å². The third-order valence-corrected chi connectivity index (χ3v) is 3.36. The van der Waals surface area contributed by atoms with Crippen molar-refractivity contribution in [1.82, 2.24) is 4.90 Å². The smallest absolute Gasteiger partial charge is 0.0603 e. The number of nitrogens with one attached hydrogen (secondary N) is 1. The Balaban J connectivity index is 1.94. The van der Waals surface area contributed by atoms with E-state index in [9.17, 15) is 0 Å². The van der Waals surface area contributed by atoms with Gasteiger partial charge in [0.05, 0.1) is 11.4 Å². The van der Waals surface area contributed by atoms with Crippen LogP contribution < -0.4 is 11.1 Å². The van der Waals surface area contributed by atoms with E-state index >= 15 is 0 Å². The minimum atomic E-state index is 0.754. The molecule has 1 aromatic carbocycles. The van der Waals surface area contributed by atoms with E-state index in [1.807, 2.05) is 12.1 Å². The van der Waals surface area contributed by atoms with Crippen molar-refractivity contribution in [3.8, 4) is 0 Å². The molecule has 1 fully saturated rings. The largest absolute Gasteiger partial charge is 0.397 e. The van der Waals surface area contributed by atoms with Crippen LogP contribution in [0.1, 0.15) is 12.0 Å². The Morgan fingerprint density at radius 3 is 2.94 bits per heavy atom. The highest BCUT2D eigenvalue weighted by Crippen LogP contribution is 2.24. The first-order valence-corrected chi connectivity index (χ1v) is 5.94. The van der Waals surface area contributed by atoms with E-state index in [2.05, 4.69) is 30.3 Å². The summed E-state index contributed by atoms with van der Waals surface area (Å²) in [7, 11) is 2.18. The van der Waals surface area contributed by atoms with Gasteiger partial charge in [0.2, 0.25) is 0 Å². The molecule has 1 heterocycles. The van der Waals surface area contributed by atoms with Crippen molar-refractivity contribution in [2.75, 3.05) is 37.7 Å². The van der Waals surface area contributed by atoms with Crippen molar-refractivity contribution in [3.05, 3.63) is 23.8 Å². The molecule has 3 nitrogen and oxygen atoms in total. The maximum absolute atomic E-state index is 5.96. The molecule has 1 unspecified atom stereocenters. The Hall–Kier alpha value is -1.22. The summed E-state index contributed by atoms with van der Waals surface area (Å²) in [5.74, 6) is 0.754. The highest BCUT2D eigenvalue weighted by molar-refractivity contribution is 5.69. The number of nitrogens with two attached hydrogens (primary N) is 1. The molecule has 1 aliphatic heterocycles. The quantitative estimate of drug-likeness (QED) is 0.763. The lowest BCUT2D eigenvalue weighted by atomic mass is 10.1. The van der Waals surface area contributed by atoms with Gasteiger partial charge in [0.1, 0.15) is 0 Å². The summed E-state index contributed by atoms with van der Waals surface area (Å²) < 4.78 is 0. The van der Waals surface area contributed by atoms with Gasteiger partial charge in [-0.3, -0.25) is 0 Å². The van der Waals surface area contributed by atoms with Crippen molar-refractivity contribution < 1.29 is 0 Å². The Morgan fingerprint density at radius 2 is 2.31 bits per heavy atom. The van der Waals surface area contributed by atoms with Crippen LogP contribution in [0.3, 0.4) is 0 Å². The molecule has 1 aliphatic rings. The summed E-state index contributed by atoms with van der Waals surface area (Å²) >= 11 is 0. The third kappa shape index (κ3) is 2.47. The zero-order valence-corrected chi connectivity index (χ0v) is 10.2. The molecule has 0 aliphatic carbocycles. The van der Waals surface area contributed by atoms with Crippen LogP contribution in [0, 0.1) is 12.8 Å². The molecule has 0 bridgehead atoms. The van der Waals surface area contributed by atoms with Gasteiger partial charge in [-0.2, -0.15) is 0 Å². The molecule has 0 saturated carbocycles. The van der Waals surface area contributed by atoms with Crippen LogP contribution in [-0.4, -0.2) is 31.6 Å². The average Bonchev–Trinajstić information content (AvgIpc) is 2.63. The highest BCUT2D eigenvalue weighted by Gasteiger charge is 2.19. The van der Waals surface area contributed by atoms with Crippen molar-refractivity contribution in [1.29, 1.82) is 0 Å². The first-order chi connectivity index (χ1) is 7.66. The maximum Gasteiger partial charge on any atom is 0.0603 e. The van der Waals surface area contributed by atoms with Gasteiger partial charge in [-0.25, -0.2) is 0 Å². The van der Waals surface area contributed by atoms with Crippen LogP contribution in [0.4, 0.5) is 11.4 Å². The number of aryl methyl sites for hydroxylation is 1. The second-order valence-corrected chi connectivity index (χ2v) is 4.84. The van der Waals surface area contributed by atoms with Crippen molar-refractivity contribution >= 4 is 11.4 Å². The second-order valence-electron chi connectivity index (χ2n) is 4.84. The molecule has 88 valence electrons. The molecule has 2 rings (SSSR count). The predicted molar refractivity (Wildman–Crippen MR) is 69.7 cm³/mol. The molecule has 1 atom stereocenters. The third-order valence-electron chi connectivity index (χ3n) is 3.36. The van der Waals surface area contributed by atoms with Crippen molar-refractivity contribution in [2.45, 2.75) is 13.3 Å². The maximum atomic E-state index is 5.96. The lowest BCUT2D eigenvalue weighted by molar-refractivity contribution is 0.399. The second kappa shape index (κ2) is 4.74. The Morgan fingerprint density at radius 1 is 1.50 bits per heavy atom. The lowest BCUT2D eigenvalue weighted by Gasteiger charge is -2.16. The Kier molecular flexibility index (Phi) is 3.34. The first-order valence-electron chi connectivity index (χ1n) is 5.94. The molecule has 16 heavy (non-hydrogen) atoms. The number of nitrogen functional groups attached to an aromatic ring is 1. The minimum absolute atomic E-state index is 0.754. The molecule has 3 N–H and O–H groups in total. The van der Waals surface area contributed by atoms with Crippen LogP contribution in [0.5, 0.6) is 0 Å². The normalized spacial score (nSPS) is 21.2. The molecule has 1 saturated heterocycles. The van der Waals surface area contributed by atoms with E-state index in [1.54, 1.807) is 0 Å². The van der Waals surface area contributed by atoms with Gasteiger partial charge in [0, 0.05) is 13.1 Å². The number of anilines is 2. The highest BCUT2D eigenvalue weighted by atomic mass is 15.1. The molecule has 0 radical (unpaired) electrons. The van der Waals surface area contributed by atoms with Gasteiger partial charge in [0.25, 0.3) is 0 Å². The minimum Gasteiger partial charge on any atom is -0.397 e. The van der Waals surface area contributed by atoms with Gasteiger partial charge in [-0.1, -0.05) is 12.1 Å². The Labute approximate surface area is 97.6 Å². The topological polar surface area (TPSA) is 41.3 Å². The molecule has 0 spiro atoms. The summed E-state index contributed by atoms with van der Waals surface area (Å²) in [6, 6.07) is 6.05. The summed E-state index contributed by atoms with van der Waals surface area (Å²) in [6.07, 6.45) is 1.29. The summed E-state index contributed by atoms with van der Waals surface area (Å²) in [4.78, 5) is 2.38. The molecule has 0 amide bonds. The number of hydrogen-bond donors (Lipinski definition) is 2. The fourth-order valence-corrected chi connectivity index (χ4v) is 2.37. The molecule has 1 aromatic rings. The van der Waals surface area contributed by atoms with Crippen LogP contribution in [0.15, 0.2) is 18.2 Å². The van der Waals surface area contributed by atoms with Crippen LogP contribution in [0.25, 0.3) is 0 Å². The van der Waals surface area contributed by atoms with Gasteiger partial charge in [-0.05, 0) is 44.5 Å². The molecule has 3 heteroatoms. The van der Waals surface area contributed by atoms with E-state index in [1.165, 1.54) is 25.1 Å². The van der Waals surface area contributed by atoms with Crippen molar-refractivity contribution in [2.24, 2.45) is 5.92 Å². The SMILES string of the molecule is Cc1cccc(N)c1NCC1CCN(C)C1. The molecule has 0 aromatic heterocycles. The zero-order valence-electron chi connectivity index (χ0n) is 10.2. The fourth-order valence-electron chi connectivity index (χ4n) is 2.37. The summed E-state index contributed by atoms with van der Waals surface area (Å²) in [6.45, 7) is 5.53. The van der Waals surface area contributed by atoms with E-state index in [-0.39, 0.29) is 0 Å². The van der Waals surface area contributed by atoms with Crippen LogP contribution >= 0.6 is 0 Å². The first kappa shape index (κ1) is 11.3. The lowest BCUT2D eigenvalue weighted by Crippen LogP contribution is -2.19. The van der Waals surface area contributed by atoms with Crippen molar-refractivity contribution in [3.63, 3.8) is 0 Å². The fraction of sp³-hybridized carbons (Fsp3) is 0.538. The average molecular weight is 219 g/mol. The summed E-state index contributed by atoms with van der Waals surface area (Å²) in [5, 5.41) is 3.49. The Bertz CT molecular complexity index is 342. The number of hydrogen-bond acceptors (Lipinski definition) is 3. The number of para-hydroxylation sites is 1. The number of rotatable bonds is 3. The predicted octanol–water partition coefficient (Wildman–Crippen LogP) is 1.94. The van der Waals surface area contributed by atoms with E-state index < -0.39 is 0 Å². The number of nitrogens with zero attached hydrogens (tertiary/aromatic N) is 1. The molecular weight excluding hydrogens is 198 g/mol. The van der Waals surface area contributed by atoms with Gasteiger partial charge >= 0.3 is 0 Å². The standard InChI is InChI=1S/C13H21N3/c1-10-4-3-5-12(14)13(10)15-8-11-6-7-16(2)9-11/h3-5,11,15H,6-9,14H2,1-2H3. The van der Waals surface area contributed by atoms with Gasteiger partial charge < -0.3 is 16.0 Å². The van der Waals surface area contributed by atoms with Crippen LogP contribution in [-0.2, 0) is 0 Å². The zero-order chi connectivity index (χ0) is 11.5. The summed E-state index contributed by atoms with van der Waals surface area (Å²) in [5.41, 5.74) is 9.15.